The number of anilines is 1. The highest BCUT2D eigenvalue weighted by Crippen LogP contribution is 2.29. The highest BCUT2D eigenvalue weighted by atomic mass is 32.1. The first-order valence-electron chi connectivity index (χ1n) is 10.3. The zero-order valence-electron chi connectivity index (χ0n) is 16.5. The predicted octanol–water partition coefficient (Wildman–Crippen LogP) is 5.01. The summed E-state index contributed by atoms with van der Waals surface area (Å²) in [7, 11) is 0. The lowest BCUT2D eigenvalue weighted by molar-refractivity contribution is -0.126. The van der Waals surface area contributed by atoms with E-state index < -0.39 is 0 Å². The van der Waals surface area contributed by atoms with Gasteiger partial charge in [-0.2, -0.15) is 4.98 Å². The van der Waals surface area contributed by atoms with Gasteiger partial charge in [0.2, 0.25) is 5.91 Å². The predicted molar refractivity (Wildman–Crippen MR) is 120 cm³/mol. The molecule has 0 radical (unpaired) electrons. The number of benzene rings is 2. The van der Waals surface area contributed by atoms with Crippen LogP contribution in [0.4, 0.5) is 6.01 Å². The van der Waals surface area contributed by atoms with Crippen molar-refractivity contribution in [3.63, 3.8) is 0 Å². The van der Waals surface area contributed by atoms with Crippen LogP contribution >= 0.6 is 11.3 Å². The van der Waals surface area contributed by atoms with E-state index in [9.17, 15) is 4.79 Å². The minimum atomic E-state index is -0.103. The summed E-state index contributed by atoms with van der Waals surface area (Å²) in [6.07, 6.45) is 1.58. The summed E-state index contributed by atoms with van der Waals surface area (Å²) in [6, 6.07) is 22.6. The summed E-state index contributed by atoms with van der Waals surface area (Å²) in [4.78, 5) is 21.0. The van der Waals surface area contributed by atoms with Crippen LogP contribution in [0.2, 0.25) is 0 Å². The van der Waals surface area contributed by atoms with E-state index in [1.807, 2.05) is 48.5 Å². The molecule has 4 aromatic rings. The number of piperidine rings is 1. The molecule has 0 bridgehead atoms. The third-order valence-corrected chi connectivity index (χ3v) is 6.60. The Labute approximate surface area is 179 Å². The molecule has 5 nitrogen and oxygen atoms in total. The minimum absolute atomic E-state index is 0.00296. The van der Waals surface area contributed by atoms with Crippen LogP contribution in [0.3, 0.4) is 0 Å². The van der Waals surface area contributed by atoms with Crippen LogP contribution in [-0.4, -0.2) is 24.0 Å². The van der Waals surface area contributed by atoms with E-state index in [4.69, 9.17) is 4.42 Å². The van der Waals surface area contributed by atoms with Crippen LogP contribution in [0.5, 0.6) is 0 Å². The molecule has 1 N–H and O–H groups in total. The van der Waals surface area contributed by atoms with Crippen LogP contribution in [-0.2, 0) is 4.79 Å². The summed E-state index contributed by atoms with van der Waals surface area (Å²) < 4.78 is 5.89. The lowest BCUT2D eigenvalue weighted by atomic mass is 9.95. The Balaban J connectivity index is 1.26. The molecular formula is C24H23N3O2S. The molecule has 152 valence electrons. The van der Waals surface area contributed by atoms with E-state index in [0.29, 0.717) is 6.01 Å². The van der Waals surface area contributed by atoms with Crippen molar-refractivity contribution in [2.45, 2.75) is 18.9 Å². The van der Waals surface area contributed by atoms with Crippen LogP contribution < -0.4 is 10.2 Å². The molecule has 1 fully saturated rings. The molecule has 1 saturated heterocycles. The van der Waals surface area contributed by atoms with Gasteiger partial charge in [-0.25, -0.2) is 0 Å². The number of rotatable bonds is 5. The van der Waals surface area contributed by atoms with Crippen LogP contribution in [0.15, 0.2) is 76.5 Å². The van der Waals surface area contributed by atoms with Gasteiger partial charge in [-0.3, -0.25) is 4.79 Å². The topological polar surface area (TPSA) is 58.4 Å². The molecule has 1 atom stereocenters. The summed E-state index contributed by atoms with van der Waals surface area (Å²) in [6.45, 7) is 1.53. The van der Waals surface area contributed by atoms with Gasteiger partial charge >= 0.3 is 0 Å². The van der Waals surface area contributed by atoms with Gasteiger partial charge in [-0.15, -0.1) is 11.3 Å². The Bertz CT molecular complexity index is 1080. The maximum absolute atomic E-state index is 13.1. The standard InChI is InChI=1S/C24H23N3O2S/c28-23(26-22(21-11-6-16-30-21)17-7-2-1-3-8-17)18-12-14-27(15-13-18)24-25-19-9-4-5-10-20(19)29-24/h1-11,16,18,22H,12-15H2,(H,26,28). The van der Waals surface area contributed by atoms with Crippen molar-refractivity contribution in [2.75, 3.05) is 18.0 Å². The second-order valence-electron chi connectivity index (χ2n) is 7.59. The quantitative estimate of drug-likeness (QED) is 0.496. The summed E-state index contributed by atoms with van der Waals surface area (Å²) in [5, 5.41) is 5.35. The van der Waals surface area contributed by atoms with Gasteiger partial charge in [-0.05, 0) is 42.0 Å². The van der Waals surface area contributed by atoms with E-state index in [1.165, 1.54) is 0 Å². The van der Waals surface area contributed by atoms with Crippen LogP contribution in [0, 0.1) is 5.92 Å². The molecule has 2 aromatic carbocycles. The fourth-order valence-corrected chi connectivity index (χ4v) is 4.81. The van der Waals surface area contributed by atoms with E-state index in [0.717, 1.165) is 47.5 Å². The Hall–Kier alpha value is -3.12. The van der Waals surface area contributed by atoms with Crippen molar-refractivity contribution in [3.05, 3.63) is 82.6 Å². The van der Waals surface area contributed by atoms with Gasteiger partial charge in [0.05, 0.1) is 6.04 Å². The molecule has 1 aliphatic rings. The average Bonchev–Trinajstić information content (AvgIpc) is 3.48. The molecule has 1 amide bonds. The molecular weight excluding hydrogens is 394 g/mol. The number of thiophene rings is 1. The first-order valence-corrected chi connectivity index (χ1v) is 11.1. The van der Waals surface area contributed by atoms with Gasteiger partial charge in [0, 0.05) is 23.9 Å². The number of carbonyl (C=O) groups excluding carboxylic acids is 1. The van der Waals surface area contributed by atoms with Gasteiger partial charge in [0.1, 0.15) is 5.52 Å². The highest BCUT2D eigenvalue weighted by molar-refractivity contribution is 7.10. The van der Waals surface area contributed by atoms with Crippen molar-refractivity contribution in [1.82, 2.24) is 10.3 Å². The number of hydrogen-bond donors (Lipinski definition) is 1. The summed E-state index contributed by atoms with van der Waals surface area (Å²) >= 11 is 1.67. The number of aromatic nitrogens is 1. The number of nitrogens with zero attached hydrogens (tertiary/aromatic N) is 2. The Kier molecular flexibility index (Phi) is 5.24. The second-order valence-corrected chi connectivity index (χ2v) is 8.57. The Morgan fingerprint density at radius 2 is 1.80 bits per heavy atom. The first kappa shape index (κ1) is 18.9. The number of nitrogens with one attached hydrogen (secondary N) is 1. The minimum Gasteiger partial charge on any atom is -0.423 e. The Morgan fingerprint density at radius 3 is 2.53 bits per heavy atom. The Morgan fingerprint density at radius 1 is 1.03 bits per heavy atom. The SMILES string of the molecule is O=C(NC(c1ccccc1)c1cccs1)C1CCN(c2nc3ccccc3o2)CC1. The number of carbonyl (C=O) groups is 1. The van der Waals surface area contributed by atoms with E-state index in [-0.39, 0.29) is 17.9 Å². The molecule has 6 heteroatoms. The maximum atomic E-state index is 13.1. The molecule has 0 spiro atoms. The van der Waals surface area contributed by atoms with Crippen molar-refractivity contribution in [1.29, 1.82) is 0 Å². The van der Waals surface area contributed by atoms with E-state index >= 15 is 0 Å². The molecule has 5 rings (SSSR count). The lowest BCUT2D eigenvalue weighted by Crippen LogP contribution is -2.41. The van der Waals surface area contributed by atoms with E-state index in [2.05, 4.69) is 38.8 Å². The summed E-state index contributed by atoms with van der Waals surface area (Å²) in [5.74, 6) is 0.117. The van der Waals surface area contributed by atoms with Crippen molar-refractivity contribution in [2.24, 2.45) is 5.92 Å². The van der Waals surface area contributed by atoms with Crippen molar-refractivity contribution >= 4 is 34.4 Å². The van der Waals surface area contributed by atoms with Gasteiger partial charge < -0.3 is 14.6 Å². The molecule has 0 aliphatic carbocycles. The zero-order valence-corrected chi connectivity index (χ0v) is 17.3. The number of hydrogen-bond acceptors (Lipinski definition) is 5. The van der Waals surface area contributed by atoms with Gasteiger partial charge in [0.15, 0.2) is 5.58 Å². The molecule has 30 heavy (non-hydrogen) atoms. The van der Waals surface area contributed by atoms with Gasteiger partial charge in [-0.1, -0.05) is 48.5 Å². The molecule has 2 aromatic heterocycles. The van der Waals surface area contributed by atoms with Crippen molar-refractivity contribution in [3.8, 4) is 0 Å². The molecule has 3 heterocycles. The summed E-state index contributed by atoms with van der Waals surface area (Å²) in [5.41, 5.74) is 2.78. The molecule has 1 aliphatic heterocycles. The second kappa shape index (κ2) is 8.32. The monoisotopic (exact) mass is 417 g/mol. The number of amides is 1. The number of fused-ring (bicyclic) bond motifs is 1. The number of oxazole rings is 1. The normalized spacial score (nSPS) is 15.9. The average molecular weight is 418 g/mol. The highest BCUT2D eigenvalue weighted by Gasteiger charge is 2.29. The smallest absolute Gasteiger partial charge is 0.298 e. The molecule has 0 saturated carbocycles. The van der Waals surface area contributed by atoms with Crippen LogP contribution in [0.25, 0.3) is 11.1 Å². The lowest BCUT2D eigenvalue weighted by Gasteiger charge is -2.31. The zero-order chi connectivity index (χ0) is 20.3. The largest absolute Gasteiger partial charge is 0.423 e. The molecule has 1 unspecified atom stereocenters. The first-order chi connectivity index (χ1) is 14.8. The van der Waals surface area contributed by atoms with Crippen LogP contribution in [0.1, 0.15) is 29.3 Å². The third-order valence-electron chi connectivity index (χ3n) is 5.67. The van der Waals surface area contributed by atoms with Crippen molar-refractivity contribution < 1.29 is 9.21 Å². The number of para-hydroxylation sites is 2. The third kappa shape index (κ3) is 3.83. The maximum Gasteiger partial charge on any atom is 0.298 e. The fraction of sp³-hybridized carbons (Fsp3) is 0.250. The fourth-order valence-electron chi connectivity index (χ4n) is 4.01. The van der Waals surface area contributed by atoms with E-state index in [1.54, 1.807) is 11.3 Å². The van der Waals surface area contributed by atoms with Gasteiger partial charge in [0.25, 0.3) is 6.01 Å².